The number of carbonyl (C=O) groups excluding carboxylic acids is 1. The lowest BCUT2D eigenvalue weighted by atomic mass is 10.3. The quantitative estimate of drug-likeness (QED) is 0.806. The second-order valence-electron chi connectivity index (χ2n) is 5.15. The molecule has 1 aromatic heterocycles. The summed E-state index contributed by atoms with van der Waals surface area (Å²) in [6, 6.07) is 9.02. The summed E-state index contributed by atoms with van der Waals surface area (Å²) in [5.41, 5.74) is 1.05. The Labute approximate surface area is 135 Å². The number of amides is 1. The molecule has 0 saturated carbocycles. The topological polar surface area (TPSA) is 79.4 Å². The molecule has 2 aromatic rings. The lowest BCUT2D eigenvalue weighted by Crippen LogP contribution is -2.31. The number of hydrogen-bond acceptors (Lipinski definition) is 6. The number of nitrogens with one attached hydrogen (secondary N) is 2. The number of para-hydroxylation sites is 2. The van der Waals surface area contributed by atoms with E-state index in [1.54, 1.807) is 19.4 Å². The van der Waals surface area contributed by atoms with Crippen LogP contribution in [0.4, 0.5) is 11.6 Å². The molecule has 0 spiro atoms. The number of ether oxygens (including phenoxy) is 1. The molecule has 23 heavy (non-hydrogen) atoms. The second-order valence-corrected chi connectivity index (χ2v) is 5.15. The highest BCUT2D eigenvalue weighted by Crippen LogP contribution is 2.25. The first-order valence-corrected chi connectivity index (χ1v) is 7.26. The molecule has 1 amide bonds. The van der Waals surface area contributed by atoms with E-state index in [4.69, 9.17) is 4.74 Å². The van der Waals surface area contributed by atoms with Crippen molar-refractivity contribution in [2.45, 2.75) is 0 Å². The van der Waals surface area contributed by atoms with E-state index in [0.717, 1.165) is 12.2 Å². The molecule has 7 heteroatoms. The predicted octanol–water partition coefficient (Wildman–Crippen LogP) is 1.52. The number of benzene rings is 1. The summed E-state index contributed by atoms with van der Waals surface area (Å²) >= 11 is 0. The molecule has 0 bridgehead atoms. The first kappa shape index (κ1) is 16.7. The third-order valence-corrected chi connectivity index (χ3v) is 3.09. The van der Waals surface area contributed by atoms with E-state index >= 15 is 0 Å². The molecule has 2 rings (SSSR count). The van der Waals surface area contributed by atoms with E-state index in [1.165, 1.54) is 0 Å². The third kappa shape index (κ3) is 4.93. The molecular formula is C16H21N5O2. The van der Waals surface area contributed by atoms with E-state index in [0.29, 0.717) is 23.9 Å². The summed E-state index contributed by atoms with van der Waals surface area (Å²) in [5.74, 6) is 0.795. The van der Waals surface area contributed by atoms with Gasteiger partial charge in [0, 0.05) is 19.3 Å². The molecule has 0 fully saturated rings. The summed E-state index contributed by atoms with van der Waals surface area (Å²) in [6.07, 6.45) is 1.55. The molecule has 122 valence electrons. The van der Waals surface area contributed by atoms with Gasteiger partial charge in [0.15, 0.2) is 0 Å². The SMILES string of the molecule is COc1ccccc1Nc1nccc(C(=O)NCCN(C)C)n1. The van der Waals surface area contributed by atoms with Gasteiger partial charge in [-0.2, -0.15) is 0 Å². The van der Waals surface area contributed by atoms with Crippen LogP contribution in [-0.2, 0) is 0 Å². The zero-order chi connectivity index (χ0) is 16.7. The molecule has 0 unspecified atom stereocenters. The van der Waals surface area contributed by atoms with Gasteiger partial charge in [0.25, 0.3) is 5.91 Å². The standard InChI is InChI=1S/C16H21N5O2/c1-21(2)11-10-17-15(22)13-8-9-18-16(20-13)19-12-6-4-5-7-14(12)23-3/h4-9H,10-11H2,1-3H3,(H,17,22)(H,18,19,20). The van der Waals surface area contributed by atoms with Crippen molar-refractivity contribution in [2.75, 3.05) is 39.6 Å². The van der Waals surface area contributed by atoms with Gasteiger partial charge >= 0.3 is 0 Å². The van der Waals surface area contributed by atoms with Crippen LogP contribution in [0.25, 0.3) is 0 Å². The smallest absolute Gasteiger partial charge is 0.270 e. The number of rotatable bonds is 7. The summed E-state index contributed by atoms with van der Waals surface area (Å²) in [5, 5.41) is 5.88. The maximum absolute atomic E-state index is 12.1. The Balaban J connectivity index is 2.06. The van der Waals surface area contributed by atoms with Crippen molar-refractivity contribution in [3.8, 4) is 5.75 Å². The van der Waals surface area contributed by atoms with Crippen molar-refractivity contribution >= 4 is 17.5 Å². The molecule has 0 radical (unpaired) electrons. The summed E-state index contributed by atoms with van der Waals surface area (Å²) < 4.78 is 5.27. The van der Waals surface area contributed by atoms with Crippen molar-refractivity contribution < 1.29 is 9.53 Å². The van der Waals surface area contributed by atoms with Crippen LogP contribution in [0.15, 0.2) is 36.5 Å². The minimum Gasteiger partial charge on any atom is -0.495 e. The average molecular weight is 315 g/mol. The molecule has 0 atom stereocenters. The Kier molecular flexibility index (Phi) is 5.87. The molecule has 0 saturated heterocycles. The fourth-order valence-electron chi connectivity index (χ4n) is 1.90. The van der Waals surface area contributed by atoms with Crippen LogP contribution < -0.4 is 15.4 Å². The Bertz CT molecular complexity index is 660. The largest absolute Gasteiger partial charge is 0.495 e. The van der Waals surface area contributed by atoms with E-state index in [9.17, 15) is 4.79 Å². The van der Waals surface area contributed by atoms with Crippen LogP contribution in [0.5, 0.6) is 5.75 Å². The molecule has 1 aromatic carbocycles. The average Bonchev–Trinajstić information content (AvgIpc) is 2.55. The van der Waals surface area contributed by atoms with Crippen LogP contribution in [-0.4, -0.2) is 55.1 Å². The van der Waals surface area contributed by atoms with Crippen LogP contribution in [0, 0.1) is 0 Å². The van der Waals surface area contributed by atoms with Gasteiger partial charge in [0.05, 0.1) is 12.8 Å². The molecule has 0 aliphatic rings. The van der Waals surface area contributed by atoms with Gasteiger partial charge in [0.2, 0.25) is 5.95 Å². The predicted molar refractivity (Wildman–Crippen MR) is 89.2 cm³/mol. The Hall–Kier alpha value is -2.67. The molecule has 0 aliphatic carbocycles. The number of likely N-dealkylation sites (N-methyl/N-ethyl adjacent to an activating group) is 1. The van der Waals surface area contributed by atoms with Crippen LogP contribution >= 0.6 is 0 Å². The van der Waals surface area contributed by atoms with Gasteiger partial charge in [-0.05, 0) is 32.3 Å². The maximum atomic E-state index is 12.1. The minimum atomic E-state index is -0.225. The first-order valence-electron chi connectivity index (χ1n) is 7.26. The number of aromatic nitrogens is 2. The highest BCUT2D eigenvalue weighted by Gasteiger charge is 2.09. The zero-order valence-corrected chi connectivity index (χ0v) is 13.5. The van der Waals surface area contributed by atoms with Crippen molar-refractivity contribution in [3.05, 3.63) is 42.2 Å². The van der Waals surface area contributed by atoms with Crippen LogP contribution in [0.3, 0.4) is 0 Å². The van der Waals surface area contributed by atoms with Crippen molar-refractivity contribution in [2.24, 2.45) is 0 Å². The highest BCUT2D eigenvalue weighted by atomic mass is 16.5. The number of carbonyl (C=O) groups is 1. The number of anilines is 2. The molecule has 7 nitrogen and oxygen atoms in total. The van der Waals surface area contributed by atoms with E-state index in [1.807, 2.05) is 43.3 Å². The first-order chi connectivity index (χ1) is 11.1. The van der Waals surface area contributed by atoms with Gasteiger partial charge in [-0.1, -0.05) is 12.1 Å². The van der Waals surface area contributed by atoms with Gasteiger partial charge in [-0.25, -0.2) is 9.97 Å². The molecule has 2 N–H and O–H groups in total. The Morgan fingerprint density at radius 3 is 2.78 bits per heavy atom. The van der Waals surface area contributed by atoms with Crippen molar-refractivity contribution in [3.63, 3.8) is 0 Å². The number of nitrogens with zero attached hydrogens (tertiary/aromatic N) is 3. The second kappa shape index (κ2) is 8.09. The highest BCUT2D eigenvalue weighted by molar-refractivity contribution is 5.92. The Morgan fingerprint density at radius 1 is 1.26 bits per heavy atom. The minimum absolute atomic E-state index is 0.225. The van der Waals surface area contributed by atoms with Crippen molar-refractivity contribution in [1.29, 1.82) is 0 Å². The monoisotopic (exact) mass is 315 g/mol. The number of hydrogen-bond donors (Lipinski definition) is 2. The summed E-state index contributed by atoms with van der Waals surface area (Å²) in [6.45, 7) is 1.33. The van der Waals surface area contributed by atoms with Gasteiger partial charge in [-0.3, -0.25) is 4.79 Å². The van der Waals surface area contributed by atoms with Gasteiger partial charge < -0.3 is 20.3 Å². The zero-order valence-electron chi connectivity index (χ0n) is 13.5. The van der Waals surface area contributed by atoms with Gasteiger partial charge in [0.1, 0.15) is 11.4 Å². The van der Waals surface area contributed by atoms with Gasteiger partial charge in [-0.15, -0.1) is 0 Å². The lowest BCUT2D eigenvalue weighted by molar-refractivity contribution is 0.0946. The molecule has 0 aliphatic heterocycles. The fraction of sp³-hybridized carbons (Fsp3) is 0.312. The number of methoxy groups -OCH3 is 1. The van der Waals surface area contributed by atoms with Crippen molar-refractivity contribution in [1.82, 2.24) is 20.2 Å². The summed E-state index contributed by atoms with van der Waals surface area (Å²) in [4.78, 5) is 22.4. The van der Waals surface area contributed by atoms with Crippen LogP contribution in [0.2, 0.25) is 0 Å². The molecular weight excluding hydrogens is 294 g/mol. The van der Waals surface area contributed by atoms with E-state index < -0.39 is 0 Å². The lowest BCUT2D eigenvalue weighted by Gasteiger charge is -2.11. The van der Waals surface area contributed by atoms with E-state index in [2.05, 4.69) is 20.6 Å². The normalized spacial score (nSPS) is 10.4. The summed E-state index contributed by atoms with van der Waals surface area (Å²) in [7, 11) is 5.49. The van der Waals surface area contributed by atoms with Crippen LogP contribution in [0.1, 0.15) is 10.5 Å². The van der Waals surface area contributed by atoms with E-state index in [-0.39, 0.29) is 5.91 Å². The molecule has 1 heterocycles. The maximum Gasteiger partial charge on any atom is 0.270 e. The Morgan fingerprint density at radius 2 is 2.04 bits per heavy atom. The fourth-order valence-corrected chi connectivity index (χ4v) is 1.90. The third-order valence-electron chi connectivity index (χ3n) is 3.09.